The molecule has 0 fully saturated rings. The van der Waals surface area contributed by atoms with E-state index in [-0.39, 0.29) is 5.63 Å². The summed E-state index contributed by atoms with van der Waals surface area (Å²) >= 11 is 0. The van der Waals surface area contributed by atoms with Crippen molar-refractivity contribution in [2.45, 2.75) is 6.61 Å². The summed E-state index contributed by atoms with van der Waals surface area (Å²) < 4.78 is 16.4. The quantitative estimate of drug-likeness (QED) is 0.407. The first kappa shape index (κ1) is 15.3. The third kappa shape index (κ3) is 2.94. The standard InChI is InChI=1S/C21H16O4/c1-23-15-7-10-18-17-9-8-16(24-13-14-5-3-2-4-6-14)11-19(17)21(22)25-20(18)12-15/h2-12H,13H2,1H3. The zero-order valence-electron chi connectivity index (χ0n) is 13.7. The lowest BCUT2D eigenvalue weighted by Crippen LogP contribution is -2.01. The van der Waals surface area contributed by atoms with E-state index in [1.54, 1.807) is 19.2 Å². The number of ether oxygens (including phenoxy) is 2. The van der Waals surface area contributed by atoms with E-state index < -0.39 is 0 Å². The van der Waals surface area contributed by atoms with Gasteiger partial charge in [-0.15, -0.1) is 0 Å². The van der Waals surface area contributed by atoms with Gasteiger partial charge >= 0.3 is 5.63 Å². The average Bonchev–Trinajstić information content (AvgIpc) is 2.67. The van der Waals surface area contributed by atoms with E-state index in [4.69, 9.17) is 13.9 Å². The van der Waals surface area contributed by atoms with Gasteiger partial charge in [0.05, 0.1) is 12.5 Å². The fraction of sp³-hybridized carbons (Fsp3) is 0.0952. The maximum absolute atomic E-state index is 12.4. The van der Waals surface area contributed by atoms with Crippen LogP contribution in [0.2, 0.25) is 0 Å². The zero-order valence-corrected chi connectivity index (χ0v) is 13.7. The molecule has 0 saturated heterocycles. The molecule has 0 aliphatic rings. The fourth-order valence-corrected chi connectivity index (χ4v) is 2.85. The second-order valence-corrected chi connectivity index (χ2v) is 5.73. The van der Waals surface area contributed by atoms with Crippen LogP contribution in [0, 0.1) is 0 Å². The molecule has 0 saturated carbocycles. The first-order chi connectivity index (χ1) is 12.2. The molecule has 0 amide bonds. The van der Waals surface area contributed by atoms with E-state index in [0.29, 0.717) is 29.1 Å². The Labute approximate surface area is 144 Å². The van der Waals surface area contributed by atoms with E-state index in [1.165, 1.54) is 0 Å². The molecule has 0 atom stereocenters. The van der Waals surface area contributed by atoms with Crippen LogP contribution in [0.25, 0.3) is 21.7 Å². The molecule has 1 heterocycles. The van der Waals surface area contributed by atoms with Gasteiger partial charge in [-0.25, -0.2) is 4.79 Å². The molecular weight excluding hydrogens is 316 g/mol. The van der Waals surface area contributed by atoms with Crippen molar-refractivity contribution in [3.05, 3.63) is 82.7 Å². The first-order valence-electron chi connectivity index (χ1n) is 7.96. The average molecular weight is 332 g/mol. The molecule has 0 aliphatic heterocycles. The molecule has 4 heteroatoms. The monoisotopic (exact) mass is 332 g/mol. The third-order valence-electron chi connectivity index (χ3n) is 4.14. The number of methoxy groups -OCH3 is 1. The maximum atomic E-state index is 12.4. The molecule has 0 bridgehead atoms. The van der Waals surface area contributed by atoms with E-state index in [1.807, 2.05) is 54.6 Å². The van der Waals surface area contributed by atoms with Gasteiger partial charge in [-0.1, -0.05) is 30.3 Å². The Morgan fingerprint density at radius 2 is 1.60 bits per heavy atom. The molecule has 124 valence electrons. The SMILES string of the molecule is COc1ccc2c(c1)oc(=O)c1cc(OCc3ccccc3)ccc12. The largest absolute Gasteiger partial charge is 0.497 e. The van der Waals surface area contributed by atoms with Gasteiger partial charge in [0.1, 0.15) is 23.7 Å². The fourth-order valence-electron chi connectivity index (χ4n) is 2.85. The van der Waals surface area contributed by atoms with Gasteiger partial charge in [-0.05, 0) is 35.9 Å². The Bertz CT molecular complexity index is 1100. The molecule has 4 nitrogen and oxygen atoms in total. The van der Waals surface area contributed by atoms with Gasteiger partial charge in [-0.2, -0.15) is 0 Å². The van der Waals surface area contributed by atoms with E-state index in [0.717, 1.165) is 16.3 Å². The van der Waals surface area contributed by atoms with E-state index in [2.05, 4.69) is 0 Å². The minimum Gasteiger partial charge on any atom is -0.497 e. The van der Waals surface area contributed by atoms with Gasteiger partial charge in [0.25, 0.3) is 0 Å². The van der Waals surface area contributed by atoms with Crippen molar-refractivity contribution < 1.29 is 13.9 Å². The van der Waals surface area contributed by atoms with Crippen molar-refractivity contribution in [1.82, 2.24) is 0 Å². The third-order valence-corrected chi connectivity index (χ3v) is 4.14. The maximum Gasteiger partial charge on any atom is 0.344 e. The summed E-state index contributed by atoms with van der Waals surface area (Å²) in [5, 5.41) is 2.20. The number of benzene rings is 3. The summed E-state index contributed by atoms with van der Waals surface area (Å²) in [4.78, 5) is 12.4. The van der Waals surface area contributed by atoms with Crippen LogP contribution < -0.4 is 15.1 Å². The number of hydrogen-bond acceptors (Lipinski definition) is 4. The van der Waals surface area contributed by atoms with Crippen LogP contribution in [-0.2, 0) is 6.61 Å². The van der Waals surface area contributed by atoms with Crippen LogP contribution in [0.1, 0.15) is 5.56 Å². The molecular formula is C21H16O4. The highest BCUT2D eigenvalue weighted by molar-refractivity contribution is 6.04. The zero-order chi connectivity index (χ0) is 17.2. The van der Waals surface area contributed by atoms with Gasteiger partial charge in [0, 0.05) is 16.8 Å². The molecule has 1 aromatic heterocycles. The number of hydrogen-bond donors (Lipinski definition) is 0. The van der Waals surface area contributed by atoms with Gasteiger partial charge in [0.15, 0.2) is 0 Å². The summed E-state index contributed by atoms with van der Waals surface area (Å²) in [7, 11) is 1.58. The smallest absolute Gasteiger partial charge is 0.344 e. The van der Waals surface area contributed by atoms with Crippen molar-refractivity contribution in [2.24, 2.45) is 0 Å². The number of rotatable bonds is 4. The summed E-state index contributed by atoms with van der Waals surface area (Å²) in [6.45, 7) is 0.447. The van der Waals surface area contributed by atoms with Crippen LogP contribution in [-0.4, -0.2) is 7.11 Å². The van der Waals surface area contributed by atoms with Crippen LogP contribution in [0.15, 0.2) is 75.9 Å². The Balaban J connectivity index is 1.74. The second kappa shape index (κ2) is 6.32. The molecule has 4 aromatic rings. The molecule has 25 heavy (non-hydrogen) atoms. The van der Waals surface area contributed by atoms with Crippen molar-refractivity contribution >= 4 is 21.7 Å². The summed E-state index contributed by atoms with van der Waals surface area (Å²) in [6, 6.07) is 20.8. The highest BCUT2D eigenvalue weighted by atomic mass is 16.5. The molecule has 0 spiro atoms. The predicted molar refractivity (Wildman–Crippen MR) is 97.3 cm³/mol. The molecule has 0 aliphatic carbocycles. The predicted octanol–water partition coefficient (Wildman–Crippen LogP) is 4.53. The Morgan fingerprint density at radius 3 is 2.40 bits per heavy atom. The Kier molecular flexibility index (Phi) is 3.86. The van der Waals surface area contributed by atoms with Gasteiger partial charge < -0.3 is 13.9 Å². The molecule has 0 radical (unpaired) electrons. The van der Waals surface area contributed by atoms with E-state index >= 15 is 0 Å². The Morgan fingerprint density at radius 1 is 0.840 bits per heavy atom. The lowest BCUT2D eigenvalue weighted by atomic mass is 10.1. The van der Waals surface area contributed by atoms with Gasteiger partial charge in [0.2, 0.25) is 0 Å². The topological polar surface area (TPSA) is 48.7 Å². The van der Waals surface area contributed by atoms with Crippen LogP contribution >= 0.6 is 0 Å². The van der Waals surface area contributed by atoms with Crippen LogP contribution in [0.4, 0.5) is 0 Å². The normalized spacial score (nSPS) is 10.9. The summed E-state index contributed by atoms with van der Waals surface area (Å²) in [5.74, 6) is 1.29. The van der Waals surface area contributed by atoms with Crippen LogP contribution in [0.3, 0.4) is 0 Å². The summed E-state index contributed by atoms with van der Waals surface area (Å²) in [5.41, 5.74) is 1.19. The highest BCUT2D eigenvalue weighted by Crippen LogP contribution is 2.28. The van der Waals surface area contributed by atoms with Crippen molar-refractivity contribution in [1.29, 1.82) is 0 Å². The van der Waals surface area contributed by atoms with Gasteiger partial charge in [-0.3, -0.25) is 0 Å². The minimum atomic E-state index is -0.388. The summed E-state index contributed by atoms with van der Waals surface area (Å²) in [6.07, 6.45) is 0. The number of fused-ring (bicyclic) bond motifs is 3. The van der Waals surface area contributed by atoms with Crippen molar-refractivity contribution in [3.63, 3.8) is 0 Å². The van der Waals surface area contributed by atoms with E-state index in [9.17, 15) is 4.79 Å². The molecule has 0 N–H and O–H groups in total. The molecule has 4 rings (SSSR count). The molecule has 0 unspecified atom stereocenters. The first-order valence-corrected chi connectivity index (χ1v) is 7.96. The molecule has 3 aromatic carbocycles. The minimum absolute atomic E-state index is 0.388. The second-order valence-electron chi connectivity index (χ2n) is 5.73. The lowest BCUT2D eigenvalue weighted by Gasteiger charge is -2.08. The highest BCUT2D eigenvalue weighted by Gasteiger charge is 2.10. The van der Waals surface area contributed by atoms with Crippen molar-refractivity contribution in [2.75, 3.05) is 7.11 Å². The van der Waals surface area contributed by atoms with Crippen LogP contribution in [0.5, 0.6) is 11.5 Å². The Hall–Kier alpha value is -3.27. The van der Waals surface area contributed by atoms with Crippen molar-refractivity contribution in [3.8, 4) is 11.5 Å². The lowest BCUT2D eigenvalue weighted by molar-refractivity contribution is 0.306.